The first-order chi connectivity index (χ1) is 13.7. The number of para-hydroxylation sites is 1. The maximum Gasteiger partial charge on any atom is 0.274 e. The van der Waals surface area contributed by atoms with Gasteiger partial charge in [0.15, 0.2) is 0 Å². The highest BCUT2D eigenvalue weighted by Crippen LogP contribution is 2.18. The molecule has 0 bridgehead atoms. The number of nitrogens with one attached hydrogen (secondary N) is 1. The molecule has 142 valence electrons. The van der Waals surface area contributed by atoms with E-state index >= 15 is 0 Å². The largest absolute Gasteiger partial charge is 0.368 e. The SMILES string of the molecule is O=C(c1cnc(Nc2ccc(Cl)cc2)cn1)N1CCN(c2ccccc2)CC1. The van der Waals surface area contributed by atoms with Crippen LogP contribution < -0.4 is 10.2 Å². The van der Waals surface area contributed by atoms with Crippen molar-refractivity contribution >= 4 is 34.7 Å². The van der Waals surface area contributed by atoms with Gasteiger partial charge in [-0.3, -0.25) is 4.79 Å². The first kappa shape index (κ1) is 18.3. The Labute approximate surface area is 168 Å². The van der Waals surface area contributed by atoms with Crippen molar-refractivity contribution < 1.29 is 4.79 Å². The van der Waals surface area contributed by atoms with E-state index in [1.807, 2.05) is 35.2 Å². The van der Waals surface area contributed by atoms with Gasteiger partial charge in [0.25, 0.3) is 5.91 Å². The average Bonchev–Trinajstić information content (AvgIpc) is 2.76. The number of carbonyl (C=O) groups is 1. The number of hydrogen-bond acceptors (Lipinski definition) is 5. The van der Waals surface area contributed by atoms with E-state index in [2.05, 4.69) is 32.3 Å². The molecule has 0 spiro atoms. The number of hydrogen-bond donors (Lipinski definition) is 1. The van der Waals surface area contributed by atoms with Crippen molar-refractivity contribution in [1.29, 1.82) is 0 Å². The highest BCUT2D eigenvalue weighted by molar-refractivity contribution is 6.30. The van der Waals surface area contributed by atoms with Crippen LogP contribution in [0.4, 0.5) is 17.2 Å². The number of benzene rings is 2. The van der Waals surface area contributed by atoms with Crippen LogP contribution in [-0.2, 0) is 0 Å². The number of anilines is 3. The number of rotatable bonds is 4. The van der Waals surface area contributed by atoms with Crippen molar-refractivity contribution in [3.63, 3.8) is 0 Å². The molecule has 2 heterocycles. The van der Waals surface area contributed by atoms with Crippen LogP contribution in [0.1, 0.15) is 10.5 Å². The maximum absolute atomic E-state index is 12.7. The molecule has 6 nitrogen and oxygen atoms in total. The van der Waals surface area contributed by atoms with Crippen molar-refractivity contribution in [3.8, 4) is 0 Å². The molecule has 0 aliphatic carbocycles. The van der Waals surface area contributed by atoms with Crippen LogP contribution in [0.15, 0.2) is 67.0 Å². The third-order valence-corrected chi connectivity index (χ3v) is 4.93. The van der Waals surface area contributed by atoms with Crippen molar-refractivity contribution in [2.45, 2.75) is 0 Å². The molecular formula is C21H20ClN5O. The molecule has 28 heavy (non-hydrogen) atoms. The summed E-state index contributed by atoms with van der Waals surface area (Å²) in [5.74, 6) is 0.492. The van der Waals surface area contributed by atoms with Crippen LogP contribution in [0, 0.1) is 0 Å². The van der Waals surface area contributed by atoms with Gasteiger partial charge in [-0.1, -0.05) is 29.8 Å². The van der Waals surface area contributed by atoms with Crippen LogP contribution in [0.25, 0.3) is 0 Å². The molecule has 2 aromatic carbocycles. The Morgan fingerprint density at radius 1 is 0.893 bits per heavy atom. The fourth-order valence-electron chi connectivity index (χ4n) is 3.15. The van der Waals surface area contributed by atoms with Gasteiger partial charge in [-0.25, -0.2) is 9.97 Å². The molecule has 4 rings (SSSR count). The van der Waals surface area contributed by atoms with Crippen LogP contribution in [0.3, 0.4) is 0 Å². The monoisotopic (exact) mass is 393 g/mol. The predicted molar refractivity (Wildman–Crippen MR) is 111 cm³/mol. The summed E-state index contributed by atoms with van der Waals surface area (Å²) in [5, 5.41) is 3.81. The summed E-state index contributed by atoms with van der Waals surface area (Å²) < 4.78 is 0. The molecular weight excluding hydrogens is 374 g/mol. The smallest absolute Gasteiger partial charge is 0.274 e. The Hall–Kier alpha value is -3.12. The van der Waals surface area contributed by atoms with E-state index in [-0.39, 0.29) is 5.91 Å². The normalized spacial score (nSPS) is 14.0. The molecule has 1 saturated heterocycles. The lowest BCUT2D eigenvalue weighted by atomic mass is 10.2. The minimum atomic E-state index is -0.0849. The molecule has 7 heteroatoms. The van der Waals surface area contributed by atoms with E-state index in [0.717, 1.165) is 18.8 Å². The van der Waals surface area contributed by atoms with Crippen molar-refractivity contribution in [2.24, 2.45) is 0 Å². The maximum atomic E-state index is 12.7. The van der Waals surface area contributed by atoms with Crippen molar-refractivity contribution in [1.82, 2.24) is 14.9 Å². The van der Waals surface area contributed by atoms with Gasteiger partial charge in [0.2, 0.25) is 0 Å². The summed E-state index contributed by atoms with van der Waals surface area (Å²) in [4.78, 5) is 25.4. The fraction of sp³-hybridized carbons (Fsp3) is 0.190. The van der Waals surface area contributed by atoms with Crippen LogP contribution in [0.2, 0.25) is 5.02 Å². The Bertz CT molecular complexity index is 923. The van der Waals surface area contributed by atoms with Gasteiger partial charge in [-0.15, -0.1) is 0 Å². The lowest BCUT2D eigenvalue weighted by Crippen LogP contribution is -2.49. The van der Waals surface area contributed by atoms with E-state index in [1.54, 1.807) is 18.3 Å². The highest BCUT2D eigenvalue weighted by atomic mass is 35.5. The number of aromatic nitrogens is 2. The van der Waals surface area contributed by atoms with E-state index < -0.39 is 0 Å². The molecule has 0 radical (unpaired) electrons. The second-order valence-corrected chi connectivity index (χ2v) is 6.97. The molecule has 1 fully saturated rings. The summed E-state index contributed by atoms with van der Waals surface area (Å²) in [5.41, 5.74) is 2.40. The molecule has 0 atom stereocenters. The first-order valence-corrected chi connectivity index (χ1v) is 9.51. The Morgan fingerprint density at radius 2 is 1.61 bits per heavy atom. The third-order valence-electron chi connectivity index (χ3n) is 4.68. The van der Waals surface area contributed by atoms with Gasteiger partial charge in [0.05, 0.1) is 12.4 Å². The summed E-state index contributed by atoms with van der Waals surface area (Å²) in [6, 6.07) is 17.6. The Morgan fingerprint density at radius 3 is 2.25 bits per heavy atom. The number of nitrogens with zero attached hydrogens (tertiary/aromatic N) is 4. The summed E-state index contributed by atoms with van der Waals surface area (Å²) in [6.07, 6.45) is 3.09. The lowest BCUT2D eigenvalue weighted by Gasteiger charge is -2.35. The van der Waals surface area contributed by atoms with E-state index in [4.69, 9.17) is 11.6 Å². The molecule has 1 aromatic heterocycles. The molecule has 1 amide bonds. The lowest BCUT2D eigenvalue weighted by molar-refractivity contribution is 0.0740. The van der Waals surface area contributed by atoms with E-state index in [9.17, 15) is 4.79 Å². The first-order valence-electron chi connectivity index (χ1n) is 9.13. The average molecular weight is 394 g/mol. The summed E-state index contributed by atoms with van der Waals surface area (Å²) >= 11 is 5.89. The van der Waals surface area contributed by atoms with Gasteiger partial charge in [0, 0.05) is 42.6 Å². The predicted octanol–water partition coefficient (Wildman–Crippen LogP) is 3.84. The van der Waals surface area contributed by atoms with E-state index in [1.165, 1.54) is 11.9 Å². The minimum absolute atomic E-state index is 0.0849. The minimum Gasteiger partial charge on any atom is -0.368 e. The summed E-state index contributed by atoms with van der Waals surface area (Å²) in [6.45, 7) is 2.94. The van der Waals surface area contributed by atoms with Gasteiger partial charge >= 0.3 is 0 Å². The molecule has 1 aliphatic heterocycles. The van der Waals surface area contributed by atoms with Crippen LogP contribution >= 0.6 is 11.6 Å². The molecule has 1 aliphatic rings. The van der Waals surface area contributed by atoms with Crippen LogP contribution in [0.5, 0.6) is 0 Å². The Balaban J connectivity index is 1.35. The van der Waals surface area contributed by atoms with Gasteiger partial charge in [-0.2, -0.15) is 0 Å². The van der Waals surface area contributed by atoms with Gasteiger partial charge in [-0.05, 0) is 36.4 Å². The zero-order valence-corrected chi connectivity index (χ0v) is 16.0. The highest BCUT2D eigenvalue weighted by Gasteiger charge is 2.23. The standard InChI is InChI=1S/C21H20ClN5O/c22-16-6-8-17(9-7-16)25-20-15-23-19(14-24-20)21(28)27-12-10-26(11-13-27)18-4-2-1-3-5-18/h1-9,14-15H,10-13H2,(H,24,25). The second-order valence-electron chi connectivity index (χ2n) is 6.53. The Kier molecular flexibility index (Phi) is 5.39. The van der Waals surface area contributed by atoms with Crippen molar-refractivity contribution in [2.75, 3.05) is 36.4 Å². The molecule has 3 aromatic rings. The van der Waals surface area contributed by atoms with Gasteiger partial charge < -0.3 is 15.1 Å². The van der Waals surface area contributed by atoms with Crippen LogP contribution in [-0.4, -0.2) is 47.0 Å². The molecule has 1 N–H and O–H groups in total. The summed E-state index contributed by atoms with van der Waals surface area (Å²) in [7, 11) is 0. The molecule has 0 saturated carbocycles. The number of halogens is 1. The topological polar surface area (TPSA) is 61.4 Å². The quantitative estimate of drug-likeness (QED) is 0.729. The third kappa shape index (κ3) is 4.23. The number of piperazine rings is 1. The van der Waals surface area contributed by atoms with E-state index in [0.29, 0.717) is 29.6 Å². The fourth-order valence-corrected chi connectivity index (χ4v) is 3.28. The number of amides is 1. The van der Waals surface area contributed by atoms with Crippen molar-refractivity contribution in [3.05, 3.63) is 77.7 Å². The molecule has 0 unspecified atom stereocenters. The second kappa shape index (κ2) is 8.27. The zero-order valence-electron chi connectivity index (χ0n) is 15.3. The van der Waals surface area contributed by atoms with Gasteiger partial charge in [0.1, 0.15) is 11.5 Å². The zero-order chi connectivity index (χ0) is 19.3. The number of carbonyl (C=O) groups excluding carboxylic acids is 1.